The molecule has 0 amide bonds. The number of hydrogen-bond acceptors (Lipinski definition) is 4. The Morgan fingerprint density at radius 1 is 1.20 bits per heavy atom. The molecule has 0 aliphatic carbocycles. The molecule has 108 valence electrons. The molecule has 0 saturated carbocycles. The van der Waals surface area contributed by atoms with Crippen molar-refractivity contribution in [3.05, 3.63) is 46.3 Å². The summed E-state index contributed by atoms with van der Waals surface area (Å²) in [6.07, 6.45) is 0. The molecule has 2 aromatic rings. The molecule has 1 N–H and O–H groups in total. The van der Waals surface area contributed by atoms with Crippen LogP contribution in [0.15, 0.2) is 40.6 Å². The summed E-state index contributed by atoms with van der Waals surface area (Å²) in [6, 6.07) is 10.3. The minimum Gasteiger partial charge on any atom is -0.494 e. The third-order valence-electron chi connectivity index (χ3n) is 2.51. The Balaban J connectivity index is 2.01. The van der Waals surface area contributed by atoms with Crippen LogP contribution in [0, 0.1) is 0 Å². The highest BCUT2D eigenvalue weighted by atomic mass is 35.5. The fraction of sp³-hybridized carbons (Fsp3) is 0.231. The average molecular weight is 332 g/mol. The number of halogens is 1. The van der Waals surface area contributed by atoms with E-state index in [9.17, 15) is 8.42 Å². The summed E-state index contributed by atoms with van der Waals surface area (Å²) in [6.45, 7) is 2.74. The van der Waals surface area contributed by atoms with Gasteiger partial charge in [-0.1, -0.05) is 23.7 Å². The normalized spacial score (nSPS) is 11.5. The fourth-order valence-corrected chi connectivity index (χ4v) is 4.11. The highest BCUT2D eigenvalue weighted by Gasteiger charge is 2.15. The van der Waals surface area contributed by atoms with Gasteiger partial charge in [-0.05, 0) is 36.8 Å². The van der Waals surface area contributed by atoms with Gasteiger partial charge in [-0.3, -0.25) is 0 Å². The SMILES string of the molecule is CCOc1ccc(CNS(=O)(=O)c2ccc(Cl)s2)cc1. The molecular formula is C13H14ClNO3S2. The van der Waals surface area contributed by atoms with Crippen molar-refractivity contribution in [3.63, 3.8) is 0 Å². The molecule has 1 heterocycles. The van der Waals surface area contributed by atoms with E-state index in [1.165, 1.54) is 6.07 Å². The number of sulfonamides is 1. The van der Waals surface area contributed by atoms with Gasteiger partial charge in [-0.15, -0.1) is 11.3 Å². The van der Waals surface area contributed by atoms with Crippen molar-refractivity contribution in [2.75, 3.05) is 6.61 Å². The Morgan fingerprint density at radius 2 is 1.90 bits per heavy atom. The van der Waals surface area contributed by atoms with Gasteiger partial charge in [0.05, 0.1) is 10.9 Å². The summed E-state index contributed by atoms with van der Waals surface area (Å²) in [5, 5.41) is 0. The maximum atomic E-state index is 12.0. The number of thiophene rings is 1. The van der Waals surface area contributed by atoms with Gasteiger partial charge in [0.1, 0.15) is 9.96 Å². The first-order valence-corrected chi connectivity index (χ1v) is 8.66. The van der Waals surface area contributed by atoms with Crippen molar-refractivity contribution in [1.29, 1.82) is 0 Å². The number of rotatable bonds is 6. The zero-order valence-electron chi connectivity index (χ0n) is 10.8. The molecule has 0 aliphatic heterocycles. The number of nitrogens with one attached hydrogen (secondary N) is 1. The van der Waals surface area contributed by atoms with Gasteiger partial charge in [0, 0.05) is 6.54 Å². The van der Waals surface area contributed by atoms with Crippen LogP contribution >= 0.6 is 22.9 Å². The molecule has 4 nitrogen and oxygen atoms in total. The summed E-state index contributed by atoms with van der Waals surface area (Å²) >= 11 is 6.78. The van der Waals surface area contributed by atoms with Crippen LogP contribution in [0.1, 0.15) is 12.5 Å². The van der Waals surface area contributed by atoms with E-state index in [1.54, 1.807) is 6.07 Å². The first-order chi connectivity index (χ1) is 9.51. The minimum atomic E-state index is -3.51. The van der Waals surface area contributed by atoms with Crippen LogP contribution in [0.2, 0.25) is 4.34 Å². The first kappa shape index (κ1) is 15.3. The maximum absolute atomic E-state index is 12.0. The summed E-state index contributed by atoms with van der Waals surface area (Å²) in [7, 11) is -3.51. The largest absolute Gasteiger partial charge is 0.494 e. The Hall–Kier alpha value is -1.08. The third kappa shape index (κ3) is 3.96. The van der Waals surface area contributed by atoms with E-state index >= 15 is 0 Å². The predicted octanol–water partition coefficient (Wildman–Crippen LogP) is 3.28. The molecule has 7 heteroatoms. The fourth-order valence-electron chi connectivity index (χ4n) is 1.56. The van der Waals surface area contributed by atoms with Crippen LogP contribution < -0.4 is 9.46 Å². The molecule has 0 spiro atoms. The van der Waals surface area contributed by atoms with Crippen LogP contribution in [0.3, 0.4) is 0 Å². The van der Waals surface area contributed by atoms with Crippen molar-refractivity contribution in [3.8, 4) is 5.75 Å². The van der Waals surface area contributed by atoms with E-state index in [4.69, 9.17) is 16.3 Å². The van der Waals surface area contributed by atoms with Gasteiger partial charge in [0.25, 0.3) is 0 Å². The minimum absolute atomic E-state index is 0.216. The summed E-state index contributed by atoms with van der Waals surface area (Å²) in [4.78, 5) is 0. The lowest BCUT2D eigenvalue weighted by atomic mass is 10.2. The third-order valence-corrected chi connectivity index (χ3v) is 5.64. The van der Waals surface area contributed by atoms with Crippen molar-refractivity contribution >= 4 is 33.0 Å². The lowest BCUT2D eigenvalue weighted by Gasteiger charge is -2.06. The Labute approximate surface area is 127 Å². The summed E-state index contributed by atoms with van der Waals surface area (Å²) in [5.74, 6) is 0.768. The highest BCUT2D eigenvalue weighted by molar-refractivity contribution is 7.91. The maximum Gasteiger partial charge on any atom is 0.250 e. The molecule has 1 aromatic carbocycles. The molecule has 0 unspecified atom stereocenters. The number of hydrogen-bond donors (Lipinski definition) is 1. The van der Waals surface area contributed by atoms with E-state index in [0.29, 0.717) is 10.9 Å². The molecule has 0 aliphatic rings. The Morgan fingerprint density at radius 3 is 2.45 bits per heavy atom. The number of benzene rings is 1. The average Bonchev–Trinajstić information content (AvgIpc) is 2.86. The number of ether oxygens (including phenoxy) is 1. The van der Waals surface area contributed by atoms with E-state index < -0.39 is 10.0 Å². The van der Waals surface area contributed by atoms with Crippen LogP contribution in [0.4, 0.5) is 0 Å². The first-order valence-electron chi connectivity index (χ1n) is 5.98. The van der Waals surface area contributed by atoms with Gasteiger partial charge < -0.3 is 4.74 Å². The molecule has 0 saturated heterocycles. The topological polar surface area (TPSA) is 55.4 Å². The highest BCUT2D eigenvalue weighted by Crippen LogP contribution is 2.25. The molecule has 20 heavy (non-hydrogen) atoms. The second-order valence-electron chi connectivity index (χ2n) is 3.96. The van der Waals surface area contributed by atoms with Gasteiger partial charge in [-0.25, -0.2) is 13.1 Å². The molecule has 0 atom stereocenters. The zero-order valence-corrected chi connectivity index (χ0v) is 13.2. The van der Waals surface area contributed by atoms with E-state index in [-0.39, 0.29) is 10.8 Å². The molecule has 1 aromatic heterocycles. The van der Waals surface area contributed by atoms with Crippen LogP contribution in [0.25, 0.3) is 0 Å². The quantitative estimate of drug-likeness (QED) is 0.883. The smallest absolute Gasteiger partial charge is 0.250 e. The Bertz CT molecular complexity index is 665. The van der Waals surface area contributed by atoms with Crippen LogP contribution in [-0.4, -0.2) is 15.0 Å². The Kier molecular flexibility index (Phi) is 5.04. The second-order valence-corrected chi connectivity index (χ2v) is 7.67. The summed E-state index contributed by atoms with van der Waals surface area (Å²) < 4.78 is 32.5. The molecule has 0 fully saturated rings. The van der Waals surface area contributed by atoms with Crippen LogP contribution in [-0.2, 0) is 16.6 Å². The molecule has 2 rings (SSSR count). The second kappa shape index (κ2) is 6.58. The lowest BCUT2D eigenvalue weighted by Crippen LogP contribution is -2.22. The van der Waals surface area contributed by atoms with Gasteiger partial charge in [0.2, 0.25) is 10.0 Å². The van der Waals surface area contributed by atoms with Gasteiger partial charge in [-0.2, -0.15) is 0 Å². The molecule has 0 bridgehead atoms. The van der Waals surface area contributed by atoms with Crippen molar-refractivity contribution < 1.29 is 13.2 Å². The van der Waals surface area contributed by atoms with E-state index in [0.717, 1.165) is 22.6 Å². The summed E-state index contributed by atoms with van der Waals surface area (Å²) in [5.41, 5.74) is 0.861. The van der Waals surface area contributed by atoms with Gasteiger partial charge >= 0.3 is 0 Å². The molecular weight excluding hydrogens is 318 g/mol. The molecule has 0 radical (unpaired) electrons. The van der Waals surface area contributed by atoms with E-state index in [2.05, 4.69) is 4.72 Å². The van der Waals surface area contributed by atoms with Crippen molar-refractivity contribution in [2.24, 2.45) is 0 Å². The van der Waals surface area contributed by atoms with Crippen molar-refractivity contribution in [2.45, 2.75) is 17.7 Å². The standard InChI is InChI=1S/C13H14ClNO3S2/c1-2-18-11-5-3-10(4-6-11)9-15-20(16,17)13-8-7-12(14)19-13/h3-8,15H,2,9H2,1H3. The lowest BCUT2D eigenvalue weighted by molar-refractivity contribution is 0.340. The zero-order chi connectivity index (χ0) is 14.6. The van der Waals surface area contributed by atoms with Gasteiger partial charge in [0.15, 0.2) is 0 Å². The monoisotopic (exact) mass is 331 g/mol. The predicted molar refractivity (Wildman–Crippen MR) is 81.0 cm³/mol. The van der Waals surface area contributed by atoms with E-state index in [1.807, 2.05) is 31.2 Å². The van der Waals surface area contributed by atoms with Crippen molar-refractivity contribution in [1.82, 2.24) is 4.72 Å². The van der Waals surface area contributed by atoms with Crippen LogP contribution in [0.5, 0.6) is 5.75 Å².